The number of hydrogen-bond acceptors (Lipinski definition) is 7. The van der Waals surface area contributed by atoms with E-state index >= 15 is 8.78 Å². The third-order valence-corrected chi connectivity index (χ3v) is 6.67. The topological polar surface area (TPSA) is 104 Å². The summed E-state index contributed by atoms with van der Waals surface area (Å²) in [7, 11) is 1.81. The Kier molecular flexibility index (Phi) is 5.30. The van der Waals surface area contributed by atoms with Crippen molar-refractivity contribution in [2.45, 2.75) is 32.4 Å². The van der Waals surface area contributed by atoms with Crippen LogP contribution in [0, 0.1) is 6.92 Å². The number of rotatable bonds is 5. The Balaban J connectivity index is 1.40. The van der Waals surface area contributed by atoms with Gasteiger partial charge in [-0.15, -0.1) is 10.2 Å². The maximum absolute atomic E-state index is 15.6. The minimum absolute atomic E-state index is 0.0353. The van der Waals surface area contributed by atoms with Crippen LogP contribution in [0.2, 0.25) is 5.02 Å². The summed E-state index contributed by atoms with van der Waals surface area (Å²) in [5.41, 5.74) is 1.68. The molecule has 1 aliphatic heterocycles. The molecule has 188 valence electrons. The maximum atomic E-state index is 15.6. The van der Waals surface area contributed by atoms with Crippen LogP contribution >= 0.6 is 11.6 Å². The number of nitrogens with one attached hydrogen (secondary N) is 1. The monoisotopic (exact) mass is 522 g/mol. The van der Waals surface area contributed by atoms with E-state index in [0.29, 0.717) is 29.7 Å². The molecule has 0 saturated carbocycles. The van der Waals surface area contributed by atoms with Gasteiger partial charge in [-0.3, -0.25) is 9.25 Å². The van der Waals surface area contributed by atoms with E-state index in [0.717, 1.165) is 11.4 Å². The van der Waals surface area contributed by atoms with Gasteiger partial charge in [-0.1, -0.05) is 29.8 Å². The van der Waals surface area contributed by atoms with Crippen molar-refractivity contribution in [3.8, 4) is 23.0 Å². The minimum atomic E-state index is -3.44. The van der Waals surface area contributed by atoms with E-state index in [2.05, 4.69) is 30.6 Å². The lowest BCUT2D eigenvalue weighted by atomic mass is 10.1. The summed E-state index contributed by atoms with van der Waals surface area (Å²) in [6, 6.07) is 7.31. The largest absolute Gasteiger partial charge is 0.333 e. The van der Waals surface area contributed by atoms with Crippen molar-refractivity contribution >= 4 is 23.4 Å². The first kappa shape index (κ1) is 23.2. The van der Waals surface area contributed by atoms with Gasteiger partial charge in [0.25, 0.3) is 0 Å². The van der Waals surface area contributed by atoms with Crippen LogP contribution in [0.5, 0.6) is 0 Å². The number of fused-ring (bicyclic) bond motifs is 3. The van der Waals surface area contributed by atoms with Crippen molar-refractivity contribution in [2.75, 3.05) is 5.32 Å². The van der Waals surface area contributed by atoms with Gasteiger partial charge in [0.1, 0.15) is 11.5 Å². The van der Waals surface area contributed by atoms with E-state index in [4.69, 9.17) is 16.6 Å². The maximum Gasteiger partial charge on any atom is 0.333 e. The molecule has 1 N–H and O–H groups in total. The lowest BCUT2D eigenvalue weighted by molar-refractivity contribution is 0.0269. The molecule has 4 aromatic heterocycles. The van der Waals surface area contributed by atoms with E-state index in [9.17, 15) is 0 Å². The number of anilines is 2. The Hall–Kier alpha value is -4.19. The van der Waals surface area contributed by atoms with Gasteiger partial charge in [0, 0.05) is 37.6 Å². The quantitative estimate of drug-likeness (QED) is 0.355. The van der Waals surface area contributed by atoms with Crippen LogP contribution in [0.1, 0.15) is 29.9 Å². The first-order valence-corrected chi connectivity index (χ1v) is 11.9. The number of imidazole rings is 1. The molecule has 1 aliphatic rings. The van der Waals surface area contributed by atoms with E-state index in [1.54, 1.807) is 23.1 Å². The predicted molar refractivity (Wildman–Crippen MR) is 133 cm³/mol. The zero-order valence-corrected chi connectivity index (χ0v) is 20.8. The standard InChI is InChI=1S/C24H21ClF2N10/c1-13-10-28-23(31-18-8-9-29-35(18)3)32-19(13)17-12-36-11-14(2)37-21(20(36)30-17)33-34-22(37)24(26,27)15-6-4-5-7-16(15)25/h4-10,12,14H,11H2,1-3H3,(H,28,31,32)/t14-/m1/s1. The summed E-state index contributed by atoms with van der Waals surface area (Å²) in [5, 5.41) is 15.3. The number of aryl methyl sites for hydroxylation is 2. The van der Waals surface area contributed by atoms with Gasteiger partial charge in [-0.05, 0) is 25.5 Å². The molecule has 0 aliphatic carbocycles. The van der Waals surface area contributed by atoms with Crippen LogP contribution < -0.4 is 5.32 Å². The fourth-order valence-electron chi connectivity index (χ4n) is 4.50. The van der Waals surface area contributed by atoms with Gasteiger partial charge in [0.15, 0.2) is 5.82 Å². The summed E-state index contributed by atoms with van der Waals surface area (Å²) < 4.78 is 36.2. The second-order valence-corrected chi connectivity index (χ2v) is 9.32. The highest BCUT2D eigenvalue weighted by atomic mass is 35.5. The molecule has 10 nitrogen and oxygen atoms in total. The average molecular weight is 523 g/mol. The number of alkyl halides is 2. The van der Waals surface area contributed by atoms with Crippen LogP contribution in [0.15, 0.2) is 48.9 Å². The Morgan fingerprint density at radius 1 is 1.11 bits per heavy atom. The fraction of sp³-hybridized carbons (Fsp3) is 0.250. The molecule has 0 spiro atoms. The number of benzene rings is 1. The van der Waals surface area contributed by atoms with Crippen LogP contribution in [0.3, 0.4) is 0 Å². The molecule has 5 aromatic rings. The molecule has 1 atom stereocenters. The zero-order chi connectivity index (χ0) is 25.9. The second kappa shape index (κ2) is 8.44. The highest BCUT2D eigenvalue weighted by molar-refractivity contribution is 6.31. The third-order valence-electron chi connectivity index (χ3n) is 6.34. The smallest absolute Gasteiger partial charge is 0.326 e. The second-order valence-electron chi connectivity index (χ2n) is 8.91. The summed E-state index contributed by atoms with van der Waals surface area (Å²) in [6.07, 6.45) is 5.22. The van der Waals surface area contributed by atoms with Crippen molar-refractivity contribution in [1.82, 2.24) is 44.1 Å². The van der Waals surface area contributed by atoms with Crippen LogP contribution in [0.4, 0.5) is 20.5 Å². The average Bonchev–Trinajstić information content (AvgIpc) is 3.59. The van der Waals surface area contributed by atoms with Crippen LogP contribution in [-0.2, 0) is 19.5 Å². The number of aromatic nitrogens is 9. The Morgan fingerprint density at radius 2 is 1.92 bits per heavy atom. The molecular weight excluding hydrogens is 502 g/mol. The summed E-state index contributed by atoms with van der Waals surface area (Å²) in [6.45, 7) is 4.13. The molecule has 0 saturated heterocycles. The van der Waals surface area contributed by atoms with E-state index < -0.39 is 11.7 Å². The van der Waals surface area contributed by atoms with Crippen molar-refractivity contribution in [1.29, 1.82) is 0 Å². The molecule has 0 amide bonds. The first-order chi connectivity index (χ1) is 17.7. The van der Waals surface area contributed by atoms with Crippen molar-refractivity contribution in [3.63, 3.8) is 0 Å². The van der Waals surface area contributed by atoms with Crippen molar-refractivity contribution in [2.24, 2.45) is 7.05 Å². The lowest BCUT2D eigenvalue weighted by Gasteiger charge is -2.26. The molecule has 5 heterocycles. The number of halogens is 3. The van der Waals surface area contributed by atoms with E-state index in [-0.39, 0.29) is 22.5 Å². The van der Waals surface area contributed by atoms with Gasteiger partial charge in [-0.25, -0.2) is 15.0 Å². The summed E-state index contributed by atoms with van der Waals surface area (Å²) in [5.74, 6) is -2.11. The van der Waals surface area contributed by atoms with Gasteiger partial charge in [-0.2, -0.15) is 13.9 Å². The molecular formula is C24H21ClF2N10. The Morgan fingerprint density at radius 3 is 2.68 bits per heavy atom. The highest BCUT2D eigenvalue weighted by Crippen LogP contribution is 2.42. The molecule has 1 aromatic carbocycles. The van der Waals surface area contributed by atoms with E-state index in [1.165, 1.54) is 22.8 Å². The molecule has 0 radical (unpaired) electrons. The molecule has 0 fully saturated rings. The fourth-order valence-corrected chi connectivity index (χ4v) is 4.75. The number of nitrogens with zero attached hydrogens (tertiary/aromatic N) is 9. The third kappa shape index (κ3) is 3.75. The van der Waals surface area contributed by atoms with Crippen molar-refractivity contribution < 1.29 is 8.78 Å². The SMILES string of the molecule is Cc1cnc(Nc2ccnn2C)nc1-c1cn2c(n1)-c1nnc(C(F)(F)c3ccccc3Cl)n1[C@H](C)C2. The molecule has 6 rings (SSSR count). The Bertz CT molecular complexity index is 1640. The highest BCUT2D eigenvalue weighted by Gasteiger charge is 2.44. The van der Waals surface area contributed by atoms with Crippen LogP contribution in [-0.4, -0.2) is 44.1 Å². The molecule has 0 bridgehead atoms. The van der Waals surface area contributed by atoms with E-state index in [1.807, 2.05) is 37.7 Å². The molecule has 13 heteroatoms. The van der Waals surface area contributed by atoms with Gasteiger partial charge >= 0.3 is 5.92 Å². The molecule has 37 heavy (non-hydrogen) atoms. The van der Waals surface area contributed by atoms with Crippen molar-refractivity contribution in [3.05, 3.63) is 70.9 Å². The van der Waals surface area contributed by atoms with Gasteiger partial charge in [0.2, 0.25) is 17.6 Å². The lowest BCUT2D eigenvalue weighted by Crippen LogP contribution is -2.28. The first-order valence-electron chi connectivity index (χ1n) is 11.5. The van der Waals surface area contributed by atoms with Gasteiger partial charge < -0.3 is 9.88 Å². The number of hydrogen-bond donors (Lipinski definition) is 1. The summed E-state index contributed by atoms with van der Waals surface area (Å²) in [4.78, 5) is 13.7. The van der Waals surface area contributed by atoms with Crippen LogP contribution in [0.25, 0.3) is 23.0 Å². The predicted octanol–water partition coefficient (Wildman–Crippen LogP) is 4.75. The minimum Gasteiger partial charge on any atom is -0.326 e. The summed E-state index contributed by atoms with van der Waals surface area (Å²) >= 11 is 6.10. The normalized spacial score (nSPS) is 14.9. The Labute approximate surface area is 215 Å². The zero-order valence-electron chi connectivity index (χ0n) is 20.1. The van der Waals surface area contributed by atoms with Gasteiger partial charge in [0.05, 0.1) is 23.0 Å². The molecule has 0 unspecified atom stereocenters.